The third-order valence-electron chi connectivity index (χ3n) is 5.99. The molecule has 4 rings (SSSR count). The van der Waals surface area contributed by atoms with Crippen LogP contribution in [-0.2, 0) is 28.6 Å². The van der Waals surface area contributed by atoms with Crippen molar-refractivity contribution >= 4 is 17.7 Å². The van der Waals surface area contributed by atoms with Crippen molar-refractivity contribution in [2.24, 2.45) is 0 Å². The molecule has 0 spiro atoms. The fraction of sp³-hybridized carbons (Fsp3) is 0.375. The number of nitrogens with zero attached hydrogens (tertiary/aromatic N) is 1. The van der Waals surface area contributed by atoms with Crippen LogP contribution in [0.3, 0.4) is 0 Å². The molecule has 0 bridgehead atoms. The van der Waals surface area contributed by atoms with Gasteiger partial charge in [-0.05, 0) is 35.7 Å². The van der Waals surface area contributed by atoms with Crippen LogP contribution in [0.2, 0.25) is 0 Å². The highest BCUT2D eigenvalue weighted by atomic mass is 19.4. The highest BCUT2D eigenvalue weighted by molar-refractivity contribution is 6.05. The van der Waals surface area contributed by atoms with Gasteiger partial charge in [-0.2, -0.15) is 22.0 Å². The number of carbonyl (C=O) groups excluding carboxylic acids is 3. The maximum atomic E-state index is 14.8. The molecule has 0 aromatic heterocycles. The van der Waals surface area contributed by atoms with E-state index in [1.807, 2.05) is 0 Å². The lowest BCUT2D eigenvalue weighted by Crippen LogP contribution is -2.52. The largest absolute Gasteiger partial charge is 0.483 e. The van der Waals surface area contributed by atoms with Crippen molar-refractivity contribution in [2.45, 2.75) is 44.1 Å². The van der Waals surface area contributed by atoms with Crippen molar-refractivity contribution < 1.29 is 45.5 Å². The summed E-state index contributed by atoms with van der Waals surface area (Å²) in [6, 6.07) is 5.75. The molecule has 1 saturated heterocycles. The predicted molar refractivity (Wildman–Crippen MR) is 116 cm³/mol. The number of rotatable bonds is 8. The number of ether oxygens (including phenoxy) is 1. The van der Waals surface area contributed by atoms with Crippen LogP contribution in [0.4, 0.5) is 26.3 Å². The topological polar surface area (TPSA) is 87.7 Å². The molecule has 198 valence electrons. The standard InChI is InChI=1S/C24H21F6N3O4/c25-15-2-4-17(19(8-15)37-12-24(28,29)30)23(26,27)11-31-9-13-1-3-16-14(7-13)10-33(22(16)36)18-5-6-20(34)32-21(18)35/h1-4,7-8,18,31H,5-6,9-12H2,(H,32,34,35). The lowest BCUT2D eigenvalue weighted by atomic mass is 10.0. The molecular formula is C24H21F6N3O4. The SMILES string of the molecule is O=C1CCC(N2Cc3cc(CNCC(F)(F)c4ccc(F)cc4OCC(F)(F)F)ccc3C2=O)C(=O)N1. The van der Waals surface area contributed by atoms with Gasteiger partial charge in [0.05, 0.1) is 12.1 Å². The van der Waals surface area contributed by atoms with Crippen molar-refractivity contribution in [3.8, 4) is 5.75 Å². The van der Waals surface area contributed by atoms with Crippen LogP contribution in [0, 0.1) is 5.82 Å². The second-order valence-electron chi connectivity index (χ2n) is 8.74. The molecule has 0 saturated carbocycles. The van der Waals surface area contributed by atoms with Gasteiger partial charge in [0.1, 0.15) is 17.6 Å². The zero-order valence-corrected chi connectivity index (χ0v) is 19.1. The minimum Gasteiger partial charge on any atom is -0.483 e. The first-order valence-corrected chi connectivity index (χ1v) is 11.2. The van der Waals surface area contributed by atoms with Crippen molar-refractivity contribution in [1.82, 2.24) is 15.5 Å². The molecule has 7 nitrogen and oxygen atoms in total. The summed E-state index contributed by atoms with van der Waals surface area (Å²) in [5, 5.41) is 4.73. The lowest BCUT2D eigenvalue weighted by Gasteiger charge is -2.29. The molecule has 1 atom stereocenters. The van der Waals surface area contributed by atoms with E-state index in [0.29, 0.717) is 34.9 Å². The number of piperidine rings is 1. The molecule has 0 aliphatic carbocycles. The van der Waals surface area contributed by atoms with Crippen molar-refractivity contribution in [3.05, 3.63) is 64.5 Å². The number of carbonyl (C=O) groups is 3. The van der Waals surface area contributed by atoms with E-state index in [-0.39, 0.29) is 31.8 Å². The molecule has 3 amide bonds. The summed E-state index contributed by atoms with van der Waals surface area (Å²) in [4.78, 5) is 37.6. The van der Waals surface area contributed by atoms with Gasteiger partial charge < -0.3 is 15.0 Å². The Morgan fingerprint density at radius 2 is 1.81 bits per heavy atom. The summed E-state index contributed by atoms with van der Waals surface area (Å²) >= 11 is 0. The maximum Gasteiger partial charge on any atom is 0.422 e. The Morgan fingerprint density at radius 1 is 1.05 bits per heavy atom. The summed E-state index contributed by atoms with van der Waals surface area (Å²) in [5.74, 6) is -6.96. The summed E-state index contributed by atoms with van der Waals surface area (Å²) < 4.78 is 84.9. The Balaban J connectivity index is 1.40. The van der Waals surface area contributed by atoms with E-state index in [0.717, 1.165) is 0 Å². The van der Waals surface area contributed by atoms with E-state index in [2.05, 4.69) is 15.4 Å². The molecule has 2 N–H and O–H groups in total. The van der Waals surface area contributed by atoms with Gasteiger partial charge in [-0.1, -0.05) is 12.1 Å². The third kappa shape index (κ3) is 6.04. The molecule has 1 unspecified atom stereocenters. The number of imide groups is 1. The molecule has 2 aliphatic heterocycles. The predicted octanol–water partition coefficient (Wildman–Crippen LogP) is 3.41. The summed E-state index contributed by atoms with van der Waals surface area (Å²) in [7, 11) is 0. The third-order valence-corrected chi connectivity index (χ3v) is 5.99. The van der Waals surface area contributed by atoms with E-state index in [9.17, 15) is 40.7 Å². The van der Waals surface area contributed by atoms with Crippen LogP contribution in [0.25, 0.3) is 0 Å². The van der Waals surface area contributed by atoms with Crippen molar-refractivity contribution in [2.75, 3.05) is 13.2 Å². The zero-order chi connectivity index (χ0) is 27.0. The van der Waals surface area contributed by atoms with E-state index in [1.165, 1.54) is 11.0 Å². The Labute approximate surface area is 206 Å². The van der Waals surface area contributed by atoms with E-state index < -0.39 is 60.2 Å². The van der Waals surface area contributed by atoms with Crippen LogP contribution >= 0.6 is 0 Å². The number of benzene rings is 2. The van der Waals surface area contributed by atoms with Crippen molar-refractivity contribution in [1.29, 1.82) is 0 Å². The number of alkyl halides is 5. The molecule has 2 aliphatic rings. The van der Waals surface area contributed by atoms with Gasteiger partial charge in [0.15, 0.2) is 6.61 Å². The van der Waals surface area contributed by atoms with E-state index in [1.54, 1.807) is 12.1 Å². The molecule has 2 heterocycles. The highest BCUT2D eigenvalue weighted by Crippen LogP contribution is 2.36. The first kappa shape index (κ1) is 26.5. The average Bonchev–Trinajstić information content (AvgIpc) is 3.12. The molecule has 13 heteroatoms. The molecule has 2 aromatic rings. The highest BCUT2D eigenvalue weighted by Gasteiger charge is 2.39. The summed E-state index contributed by atoms with van der Waals surface area (Å²) in [6.07, 6.45) is -4.48. The Hall–Kier alpha value is -3.61. The number of hydrogen-bond acceptors (Lipinski definition) is 5. The molecule has 1 fully saturated rings. The molecular weight excluding hydrogens is 508 g/mol. The van der Waals surface area contributed by atoms with Gasteiger partial charge in [-0.3, -0.25) is 19.7 Å². The quantitative estimate of drug-likeness (QED) is 0.405. The Bertz CT molecular complexity index is 1230. The van der Waals surface area contributed by atoms with Crippen LogP contribution < -0.4 is 15.4 Å². The van der Waals surface area contributed by atoms with Crippen LogP contribution in [0.15, 0.2) is 36.4 Å². The Kier molecular flexibility index (Phi) is 7.18. The summed E-state index contributed by atoms with van der Waals surface area (Å²) in [5.41, 5.74) is 0.587. The first-order chi connectivity index (χ1) is 17.3. The van der Waals surface area contributed by atoms with Gasteiger partial charge in [-0.15, -0.1) is 0 Å². The zero-order valence-electron chi connectivity index (χ0n) is 19.1. The van der Waals surface area contributed by atoms with Gasteiger partial charge in [-0.25, -0.2) is 4.39 Å². The van der Waals surface area contributed by atoms with Crippen LogP contribution in [0.5, 0.6) is 5.75 Å². The number of halogens is 6. The number of amides is 3. The number of fused-ring (bicyclic) bond motifs is 1. The molecule has 2 aromatic carbocycles. The second kappa shape index (κ2) is 10.0. The average molecular weight is 529 g/mol. The smallest absolute Gasteiger partial charge is 0.422 e. The number of hydrogen-bond donors (Lipinski definition) is 2. The Morgan fingerprint density at radius 3 is 2.51 bits per heavy atom. The molecule has 0 radical (unpaired) electrons. The number of nitrogens with one attached hydrogen (secondary N) is 2. The van der Waals surface area contributed by atoms with E-state index >= 15 is 0 Å². The minimum atomic E-state index is -4.79. The van der Waals surface area contributed by atoms with Gasteiger partial charge in [0, 0.05) is 31.1 Å². The first-order valence-electron chi connectivity index (χ1n) is 11.2. The normalized spacial score (nSPS) is 18.2. The molecule has 37 heavy (non-hydrogen) atoms. The lowest BCUT2D eigenvalue weighted by molar-refractivity contribution is -0.154. The monoisotopic (exact) mass is 529 g/mol. The van der Waals surface area contributed by atoms with E-state index in [4.69, 9.17) is 0 Å². The fourth-order valence-corrected chi connectivity index (χ4v) is 4.27. The summed E-state index contributed by atoms with van der Waals surface area (Å²) in [6.45, 7) is -2.80. The van der Waals surface area contributed by atoms with Crippen LogP contribution in [-0.4, -0.2) is 48.0 Å². The van der Waals surface area contributed by atoms with Crippen molar-refractivity contribution in [3.63, 3.8) is 0 Å². The van der Waals surface area contributed by atoms with Crippen LogP contribution in [0.1, 0.15) is 39.9 Å². The minimum absolute atomic E-state index is 0.0740. The second-order valence-corrected chi connectivity index (χ2v) is 8.74. The van der Waals surface area contributed by atoms with Gasteiger partial charge >= 0.3 is 6.18 Å². The van der Waals surface area contributed by atoms with Gasteiger partial charge in [0.2, 0.25) is 11.8 Å². The van der Waals surface area contributed by atoms with Gasteiger partial charge in [0.25, 0.3) is 11.8 Å². The fourth-order valence-electron chi connectivity index (χ4n) is 4.27. The maximum absolute atomic E-state index is 14.8.